The summed E-state index contributed by atoms with van der Waals surface area (Å²) in [4.78, 5) is 50.2. The van der Waals surface area contributed by atoms with Crippen LogP contribution in [0, 0.1) is 0 Å². The number of nitrogens with zero attached hydrogens (tertiary/aromatic N) is 6. The summed E-state index contributed by atoms with van der Waals surface area (Å²) < 4.78 is 23.6. The zero-order valence-electron chi connectivity index (χ0n) is 27.7. The Morgan fingerprint density at radius 1 is 0.615 bits per heavy atom. The van der Waals surface area contributed by atoms with E-state index < -0.39 is 43.9 Å². The maximum absolute atomic E-state index is 12.8. The van der Waals surface area contributed by atoms with Gasteiger partial charge in [-0.3, -0.25) is 19.6 Å². The second kappa shape index (κ2) is 15.9. The average Bonchev–Trinajstić information content (AvgIpc) is 3.15. The van der Waals surface area contributed by atoms with E-state index in [4.69, 9.17) is 9.05 Å². The van der Waals surface area contributed by atoms with Crippen molar-refractivity contribution in [1.29, 1.82) is 0 Å². The van der Waals surface area contributed by atoms with Crippen molar-refractivity contribution in [3.05, 3.63) is 132 Å². The number of benzene rings is 2. The lowest BCUT2D eigenvalue weighted by molar-refractivity contribution is 0.0927. The van der Waals surface area contributed by atoms with Crippen LogP contribution in [0.2, 0.25) is 0 Å². The van der Waals surface area contributed by atoms with E-state index >= 15 is 0 Å². The van der Waals surface area contributed by atoms with Crippen LogP contribution in [0.4, 0.5) is 0 Å². The Hall–Kier alpha value is -6.73. The Labute approximate surface area is 297 Å². The number of rotatable bonds is 12. The molecule has 6 rings (SSSR count). The summed E-state index contributed by atoms with van der Waals surface area (Å²) >= 11 is 0. The minimum absolute atomic E-state index is 0.0898. The summed E-state index contributed by atoms with van der Waals surface area (Å²) in [7, 11) is -3.01. The van der Waals surface area contributed by atoms with E-state index in [0.29, 0.717) is 22.5 Å². The van der Waals surface area contributed by atoms with Crippen LogP contribution in [-0.2, 0) is 4.57 Å². The van der Waals surface area contributed by atoms with E-state index in [1.54, 1.807) is 111 Å². The molecular formula is C36H31N8O7P. The highest BCUT2D eigenvalue weighted by Crippen LogP contribution is 2.32. The maximum atomic E-state index is 12.8. The van der Waals surface area contributed by atoms with Gasteiger partial charge in [0.15, 0.2) is 11.6 Å². The van der Waals surface area contributed by atoms with Crippen LogP contribution in [0.15, 0.2) is 110 Å². The molecule has 0 unspecified atom stereocenters. The van der Waals surface area contributed by atoms with E-state index in [1.807, 2.05) is 0 Å². The normalized spacial score (nSPS) is 12.1. The number of carbonyl (C=O) groups excluding carboxylic acids is 2. The van der Waals surface area contributed by atoms with Gasteiger partial charge in [-0.15, -0.1) is 0 Å². The van der Waals surface area contributed by atoms with E-state index in [1.165, 1.54) is 12.4 Å². The molecule has 262 valence electrons. The highest BCUT2D eigenvalue weighted by Gasteiger charge is 2.20. The number of aromatic hydroxyl groups is 2. The van der Waals surface area contributed by atoms with Crippen molar-refractivity contribution in [3.63, 3.8) is 0 Å². The zero-order valence-corrected chi connectivity index (χ0v) is 28.7. The van der Waals surface area contributed by atoms with Crippen molar-refractivity contribution in [3.8, 4) is 46.3 Å². The predicted molar refractivity (Wildman–Crippen MR) is 189 cm³/mol. The van der Waals surface area contributed by atoms with Gasteiger partial charge in [-0.1, -0.05) is 36.4 Å². The van der Waals surface area contributed by atoms with Crippen LogP contribution in [0.5, 0.6) is 23.3 Å². The van der Waals surface area contributed by atoms with Crippen molar-refractivity contribution in [1.82, 2.24) is 40.5 Å². The second-order valence-electron chi connectivity index (χ2n) is 11.3. The lowest BCUT2D eigenvalue weighted by atomic mass is 10.1. The standard InChI is InChI=1S/C36H31N8O7P/c1-21(41-33(45)27-19-39-31(43-35(27)47)29-7-3-5-17-37-29)23-9-13-25(14-10-23)50-52(49)51-26-15-11-24(12-16-26)22(2)42-34(46)28-20-40-32(44-36(28)48)30-8-4-6-18-38-30/h3-22,52H,1-2H3,(H,41,45)(H,42,46)(H,39,43,47)(H,40,44,48)/t21-,22-/m0/s1. The van der Waals surface area contributed by atoms with Crippen molar-refractivity contribution >= 4 is 20.1 Å². The Morgan fingerprint density at radius 3 is 1.37 bits per heavy atom. The first kappa shape index (κ1) is 35.1. The molecule has 0 aliphatic heterocycles. The van der Waals surface area contributed by atoms with Gasteiger partial charge in [-0.25, -0.2) is 14.5 Å². The van der Waals surface area contributed by atoms with Crippen LogP contribution >= 0.6 is 8.25 Å². The molecule has 0 saturated carbocycles. The number of carbonyl (C=O) groups is 2. The summed E-state index contributed by atoms with van der Waals surface area (Å²) in [5.74, 6) is -1.13. The number of pyridine rings is 2. The molecule has 0 spiro atoms. The fourth-order valence-corrected chi connectivity index (χ4v) is 5.58. The van der Waals surface area contributed by atoms with E-state index in [9.17, 15) is 24.4 Å². The van der Waals surface area contributed by atoms with Gasteiger partial charge in [0.25, 0.3) is 11.8 Å². The van der Waals surface area contributed by atoms with E-state index in [-0.39, 0.29) is 34.3 Å². The van der Waals surface area contributed by atoms with Crippen LogP contribution in [0.1, 0.15) is 57.8 Å². The highest BCUT2D eigenvalue weighted by molar-refractivity contribution is 7.34. The first-order chi connectivity index (χ1) is 25.1. The molecule has 0 aliphatic carbocycles. The minimum atomic E-state index is -3.01. The number of hydrogen-bond donors (Lipinski definition) is 4. The summed E-state index contributed by atoms with van der Waals surface area (Å²) in [6.45, 7) is 3.52. The monoisotopic (exact) mass is 718 g/mol. The second-order valence-corrected chi connectivity index (χ2v) is 12.2. The summed E-state index contributed by atoms with van der Waals surface area (Å²) in [6, 6.07) is 22.6. The lowest BCUT2D eigenvalue weighted by Gasteiger charge is -2.16. The molecule has 6 aromatic rings. The van der Waals surface area contributed by atoms with Crippen molar-refractivity contribution in [2.45, 2.75) is 25.9 Å². The van der Waals surface area contributed by atoms with Gasteiger partial charge in [0.05, 0.1) is 12.1 Å². The number of amides is 2. The van der Waals surface area contributed by atoms with Crippen LogP contribution in [-0.4, -0.2) is 51.9 Å². The molecule has 4 aromatic heterocycles. The number of aromatic nitrogens is 6. The Bertz CT molecular complexity index is 2060. The SMILES string of the molecule is C[C@H](NC(=O)c1cnc(-c2ccccn2)nc1O)c1ccc(O[PH](=O)Oc2ccc([C@H](C)NC(=O)c3cnc(-c4ccccn4)nc3O)cc2)cc1. The smallest absolute Gasteiger partial charge is 0.418 e. The van der Waals surface area contributed by atoms with Gasteiger partial charge in [0.2, 0.25) is 11.8 Å². The maximum Gasteiger partial charge on any atom is 0.418 e. The molecule has 16 heteroatoms. The molecule has 52 heavy (non-hydrogen) atoms. The average molecular weight is 719 g/mol. The van der Waals surface area contributed by atoms with Crippen molar-refractivity contribution in [2.75, 3.05) is 0 Å². The molecule has 2 amide bonds. The minimum Gasteiger partial charge on any atom is -0.493 e. The van der Waals surface area contributed by atoms with Gasteiger partial charge in [-0.05, 0) is 73.5 Å². The molecule has 2 atom stereocenters. The summed E-state index contributed by atoms with van der Waals surface area (Å²) in [5, 5.41) is 26.3. The highest BCUT2D eigenvalue weighted by atomic mass is 31.1. The van der Waals surface area contributed by atoms with E-state index in [2.05, 4.69) is 40.5 Å². The third kappa shape index (κ3) is 8.52. The molecule has 4 N–H and O–H groups in total. The van der Waals surface area contributed by atoms with Gasteiger partial charge < -0.3 is 29.9 Å². The fraction of sp³-hybridized carbons (Fsp3) is 0.111. The molecule has 0 fully saturated rings. The Kier molecular flexibility index (Phi) is 10.7. The van der Waals surface area contributed by atoms with Gasteiger partial charge >= 0.3 is 8.25 Å². The van der Waals surface area contributed by atoms with Gasteiger partial charge in [0.1, 0.15) is 34.0 Å². The van der Waals surface area contributed by atoms with Gasteiger partial charge in [-0.2, -0.15) is 9.97 Å². The number of hydrogen-bond acceptors (Lipinski definition) is 13. The first-order valence-corrected chi connectivity index (χ1v) is 17.0. The third-order valence-electron chi connectivity index (χ3n) is 7.67. The fourth-order valence-electron chi connectivity index (χ4n) is 4.88. The van der Waals surface area contributed by atoms with Gasteiger partial charge in [0, 0.05) is 24.8 Å². The predicted octanol–water partition coefficient (Wildman–Crippen LogP) is 5.63. The quantitative estimate of drug-likeness (QED) is 0.113. The largest absolute Gasteiger partial charge is 0.493 e. The van der Waals surface area contributed by atoms with E-state index in [0.717, 1.165) is 0 Å². The third-order valence-corrected chi connectivity index (χ3v) is 8.48. The molecule has 0 radical (unpaired) electrons. The van der Waals surface area contributed by atoms with Crippen molar-refractivity contribution in [2.24, 2.45) is 0 Å². The lowest BCUT2D eigenvalue weighted by Crippen LogP contribution is -2.27. The Morgan fingerprint density at radius 2 is 1.02 bits per heavy atom. The molecule has 2 aromatic carbocycles. The number of nitrogens with one attached hydrogen (secondary N) is 2. The molecule has 0 bridgehead atoms. The van der Waals surface area contributed by atoms with Crippen LogP contribution in [0.3, 0.4) is 0 Å². The summed E-state index contributed by atoms with van der Waals surface area (Å²) in [5.41, 5.74) is 2.17. The molecule has 15 nitrogen and oxygen atoms in total. The van der Waals surface area contributed by atoms with Crippen molar-refractivity contribution < 1.29 is 33.4 Å². The Balaban J connectivity index is 0.984. The molecule has 0 aliphatic rings. The summed E-state index contributed by atoms with van der Waals surface area (Å²) in [6.07, 6.45) is 5.62. The van der Waals surface area contributed by atoms with Crippen LogP contribution < -0.4 is 19.7 Å². The topological polar surface area (TPSA) is 212 Å². The molecule has 4 heterocycles. The molecule has 0 saturated heterocycles. The first-order valence-electron chi connectivity index (χ1n) is 15.8. The zero-order chi connectivity index (χ0) is 36.6. The van der Waals surface area contributed by atoms with Crippen LogP contribution in [0.25, 0.3) is 23.0 Å². The molecular weight excluding hydrogens is 687 g/mol.